The molecule has 0 heterocycles. The van der Waals surface area contributed by atoms with Crippen molar-refractivity contribution in [2.24, 2.45) is 5.92 Å². The molecule has 5 heteroatoms. The third-order valence-corrected chi connectivity index (χ3v) is 3.74. The Morgan fingerprint density at radius 3 is 2.69 bits per heavy atom. The number of hydrogen-bond donors (Lipinski definition) is 2. The normalized spacial score (nSPS) is 15.5. The molecule has 1 aliphatic carbocycles. The summed E-state index contributed by atoms with van der Waals surface area (Å²) in [5.74, 6) is 0.843. The predicted molar refractivity (Wildman–Crippen MR) is 64.5 cm³/mol. The Hall–Kier alpha value is -0.710. The van der Waals surface area contributed by atoms with Crippen LogP contribution in [0.25, 0.3) is 0 Å². The molecule has 16 heavy (non-hydrogen) atoms. The quantitative estimate of drug-likeness (QED) is 0.636. The highest BCUT2D eigenvalue weighted by Crippen LogP contribution is 2.30. The first kappa shape index (κ1) is 13.4. The van der Waals surface area contributed by atoms with Crippen LogP contribution in [-0.4, -0.2) is 35.0 Å². The molecule has 1 aliphatic rings. The summed E-state index contributed by atoms with van der Waals surface area (Å²) in [6.07, 6.45) is 5.50. The van der Waals surface area contributed by atoms with Crippen LogP contribution in [-0.2, 0) is 9.59 Å². The molecular weight excluding hydrogens is 226 g/mol. The van der Waals surface area contributed by atoms with Gasteiger partial charge in [-0.25, -0.2) is 0 Å². The first-order valence-corrected chi connectivity index (χ1v) is 6.90. The third-order valence-electron chi connectivity index (χ3n) is 2.80. The topological polar surface area (TPSA) is 66.4 Å². The molecule has 2 N–H and O–H groups in total. The van der Waals surface area contributed by atoms with Crippen LogP contribution in [0.15, 0.2) is 0 Å². The Morgan fingerprint density at radius 1 is 1.38 bits per heavy atom. The molecule has 0 atom stereocenters. The van der Waals surface area contributed by atoms with Crippen molar-refractivity contribution in [3.8, 4) is 0 Å². The van der Waals surface area contributed by atoms with Gasteiger partial charge >= 0.3 is 5.97 Å². The molecule has 0 aromatic carbocycles. The highest BCUT2D eigenvalue weighted by atomic mass is 32.2. The van der Waals surface area contributed by atoms with Gasteiger partial charge in [-0.05, 0) is 12.3 Å². The van der Waals surface area contributed by atoms with Gasteiger partial charge in [-0.2, -0.15) is 0 Å². The lowest BCUT2D eigenvalue weighted by Gasteiger charge is -2.24. The molecule has 0 spiro atoms. The fourth-order valence-corrected chi connectivity index (χ4v) is 2.19. The second-order valence-corrected chi connectivity index (χ2v) is 5.24. The van der Waals surface area contributed by atoms with Crippen molar-refractivity contribution in [2.45, 2.75) is 32.1 Å². The zero-order chi connectivity index (χ0) is 11.8. The number of carbonyl (C=O) groups is 2. The summed E-state index contributed by atoms with van der Waals surface area (Å²) in [5.41, 5.74) is 0. The smallest absolute Gasteiger partial charge is 0.313 e. The summed E-state index contributed by atoms with van der Waals surface area (Å²) in [7, 11) is 0. The molecule has 92 valence electrons. The molecule has 0 aromatic rings. The van der Waals surface area contributed by atoms with Crippen molar-refractivity contribution in [2.75, 3.05) is 18.1 Å². The van der Waals surface area contributed by atoms with Gasteiger partial charge in [-0.1, -0.05) is 19.3 Å². The van der Waals surface area contributed by atoms with Gasteiger partial charge in [0, 0.05) is 18.7 Å². The summed E-state index contributed by atoms with van der Waals surface area (Å²) in [5, 5.41) is 11.2. The Bertz CT molecular complexity index is 241. The number of aliphatic carboxylic acids is 1. The van der Waals surface area contributed by atoms with Crippen molar-refractivity contribution in [3.05, 3.63) is 0 Å². The van der Waals surface area contributed by atoms with Crippen molar-refractivity contribution < 1.29 is 14.7 Å². The summed E-state index contributed by atoms with van der Waals surface area (Å²) >= 11 is 1.33. The average molecular weight is 245 g/mol. The summed E-state index contributed by atoms with van der Waals surface area (Å²) in [4.78, 5) is 21.6. The zero-order valence-corrected chi connectivity index (χ0v) is 10.2. The number of carboxylic acid groups (broad SMARTS) is 1. The maximum atomic E-state index is 11.3. The van der Waals surface area contributed by atoms with Gasteiger partial charge in [0.25, 0.3) is 0 Å². The second-order valence-electron chi connectivity index (χ2n) is 4.13. The van der Waals surface area contributed by atoms with Gasteiger partial charge in [0.1, 0.15) is 0 Å². The van der Waals surface area contributed by atoms with Crippen LogP contribution in [0.3, 0.4) is 0 Å². The number of thioether (sulfide) groups is 1. The van der Waals surface area contributed by atoms with Gasteiger partial charge in [0.05, 0.1) is 5.75 Å². The standard InChI is InChI=1S/C11H19NO3S/c13-10(5-4-9-2-1-3-9)12-6-7-16-8-11(14)15/h9H,1-8H2,(H,12,13)(H,14,15). The van der Waals surface area contributed by atoms with Crippen LogP contribution in [0.4, 0.5) is 0 Å². The monoisotopic (exact) mass is 245 g/mol. The zero-order valence-electron chi connectivity index (χ0n) is 9.41. The van der Waals surface area contributed by atoms with Crippen LogP contribution in [0, 0.1) is 5.92 Å². The highest BCUT2D eigenvalue weighted by molar-refractivity contribution is 7.99. The second kappa shape index (κ2) is 7.54. The van der Waals surface area contributed by atoms with Crippen LogP contribution < -0.4 is 5.32 Å². The van der Waals surface area contributed by atoms with E-state index >= 15 is 0 Å². The summed E-state index contributed by atoms with van der Waals surface area (Å²) < 4.78 is 0. The number of carbonyl (C=O) groups excluding carboxylic acids is 1. The molecule has 1 fully saturated rings. The molecular formula is C11H19NO3S. The van der Waals surface area contributed by atoms with Gasteiger partial charge in [-0.15, -0.1) is 11.8 Å². The van der Waals surface area contributed by atoms with Gasteiger partial charge in [0.15, 0.2) is 0 Å². The first-order valence-electron chi connectivity index (χ1n) is 5.74. The summed E-state index contributed by atoms with van der Waals surface area (Å²) in [6.45, 7) is 0.571. The maximum Gasteiger partial charge on any atom is 0.313 e. The minimum atomic E-state index is -0.804. The third kappa shape index (κ3) is 6.00. The molecule has 0 bridgehead atoms. The van der Waals surface area contributed by atoms with E-state index in [1.165, 1.54) is 31.0 Å². The molecule has 0 aromatic heterocycles. The largest absolute Gasteiger partial charge is 0.481 e. The SMILES string of the molecule is O=C(O)CSCCNC(=O)CCC1CCC1. The molecule has 0 saturated heterocycles. The van der Waals surface area contributed by atoms with E-state index in [0.717, 1.165) is 12.3 Å². The first-order chi connectivity index (χ1) is 7.68. The maximum absolute atomic E-state index is 11.3. The fraction of sp³-hybridized carbons (Fsp3) is 0.818. The van der Waals surface area contributed by atoms with E-state index in [1.54, 1.807) is 0 Å². The van der Waals surface area contributed by atoms with E-state index in [9.17, 15) is 9.59 Å². The van der Waals surface area contributed by atoms with Crippen molar-refractivity contribution in [1.82, 2.24) is 5.32 Å². The molecule has 4 nitrogen and oxygen atoms in total. The molecule has 1 rings (SSSR count). The van der Waals surface area contributed by atoms with Crippen LogP contribution in [0.1, 0.15) is 32.1 Å². The van der Waals surface area contributed by atoms with Crippen LogP contribution >= 0.6 is 11.8 Å². The Labute approximate surface area is 100 Å². The Balaban J connectivity index is 1.87. The average Bonchev–Trinajstić information content (AvgIpc) is 2.14. The Morgan fingerprint density at radius 2 is 2.12 bits per heavy atom. The number of rotatable bonds is 8. The van der Waals surface area contributed by atoms with Crippen molar-refractivity contribution in [3.63, 3.8) is 0 Å². The van der Waals surface area contributed by atoms with E-state index in [0.29, 0.717) is 18.7 Å². The van der Waals surface area contributed by atoms with Gasteiger partial charge in [-0.3, -0.25) is 9.59 Å². The number of nitrogens with one attached hydrogen (secondary N) is 1. The van der Waals surface area contributed by atoms with E-state index in [4.69, 9.17) is 5.11 Å². The predicted octanol–water partition coefficient (Wildman–Crippen LogP) is 1.50. The minimum Gasteiger partial charge on any atom is -0.481 e. The lowest BCUT2D eigenvalue weighted by atomic mass is 9.82. The van der Waals surface area contributed by atoms with E-state index in [1.807, 2.05) is 0 Å². The molecule has 1 saturated carbocycles. The van der Waals surface area contributed by atoms with Crippen LogP contribution in [0.5, 0.6) is 0 Å². The summed E-state index contributed by atoms with van der Waals surface area (Å²) in [6, 6.07) is 0. The van der Waals surface area contributed by atoms with E-state index in [2.05, 4.69) is 5.32 Å². The van der Waals surface area contributed by atoms with E-state index in [-0.39, 0.29) is 11.7 Å². The van der Waals surface area contributed by atoms with Gasteiger partial charge < -0.3 is 10.4 Å². The van der Waals surface area contributed by atoms with E-state index < -0.39 is 5.97 Å². The minimum absolute atomic E-state index is 0.0998. The van der Waals surface area contributed by atoms with Crippen LogP contribution in [0.2, 0.25) is 0 Å². The number of carboxylic acids is 1. The molecule has 0 unspecified atom stereocenters. The van der Waals surface area contributed by atoms with Crippen molar-refractivity contribution in [1.29, 1.82) is 0 Å². The number of amides is 1. The lowest BCUT2D eigenvalue weighted by molar-refractivity contribution is -0.133. The molecule has 1 amide bonds. The molecule has 0 radical (unpaired) electrons. The Kier molecular flexibility index (Phi) is 6.30. The molecule has 0 aliphatic heterocycles. The van der Waals surface area contributed by atoms with Gasteiger partial charge in [0.2, 0.25) is 5.91 Å². The highest BCUT2D eigenvalue weighted by Gasteiger charge is 2.17. The number of hydrogen-bond acceptors (Lipinski definition) is 3. The lowest BCUT2D eigenvalue weighted by Crippen LogP contribution is -2.27. The van der Waals surface area contributed by atoms with Crippen molar-refractivity contribution >= 4 is 23.6 Å². The fourth-order valence-electron chi connectivity index (χ4n) is 1.63.